The maximum atomic E-state index is 5.06. The van der Waals surface area contributed by atoms with E-state index in [1.165, 1.54) is 65.0 Å². The number of hydrogen-bond donors (Lipinski definition) is 0. The summed E-state index contributed by atoms with van der Waals surface area (Å²) in [6.07, 6.45) is 0. The predicted octanol–water partition coefficient (Wildman–Crippen LogP) is 12.9. The van der Waals surface area contributed by atoms with Crippen LogP contribution in [0.5, 0.6) is 0 Å². The average Bonchev–Trinajstić information content (AvgIpc) is 3.20. The van der Waals surface area contributed by atoms with E-state index in [1.54, 1.807) is 0 Å². The van der Waals surface area contributed by atoms with Crippen LogP contribution in [0.4, 0.5) is 0 Å². The van der Waals surface area contributed by atoms with E-state index in [1.807, 2.05) is 24.3 Å². The van der Waals surface area contributed by atoms with Crippen LogP contribution in [0.2, 0.25) is 0 Å². The van der Waals surface area contributed by atoms with Crippen LogP contribution in [0.3, 0.4) is 0 Å². The van der Waals surface area contributed by atoms with Crippen LogP contribution in [0.1, 0.15) is 0 Å². The van der Waals surface area contributed by atoms with Gasteiger partial charge in [0.15, 0.2) is 5.82 Å². The van der Waals surface area contributed by atoms with Gasteiger partial charge in [-0.2, -0.15) is 0 Å². The van der Waals surface area contributed by atoms with Crippen molar-refractivity contribution in [3.05, 3.63) is 182 Å². The van der Waals surface area contributed by atoms with E-state index < -0.39 is 0 Å². The molecule has 10 rings (SSSR count). The van der Waals surface area contributed by atoms with Crippen LogP contribution in [-0.2, 0) is 0 Å². The highest BCUT2D eigenvalue weighted by Gasteiger charge is 2.15. The lowest BCUT2D eigenvalue weighted by atomic mass is 9.88. The van der Waals surface area contributed by atoms with Crippen molar-refractivity contribution in [2.75, 3.05) is 0 Å². The maximum absolute atomic E-state index is 5.06. The fourth-order valence-electron chi connectivity index (χ4n) is 7.65. The molecule has 50 heavy (non-hydrogen) atoms. The summed E-state index contributed by atoms with van der Waals surface area (Å²) in [5.74, 6) is 0.721. The normalized spacial score (nSPS) is 11.6. The Hall–Kier alpha value is -6.64. The number of rotatable bonds is 4. The van der Waals surface area contributed by atoms with Crippen LogP contribution < -0.4 is 0 Å². The number of hydrogen-bond acceptors (Lipinski definition) is 2. The Labute approximate surface area is 290 Å². The fraction of sp³-hybridized carbons (Fsp3) is 0. The first-order valence-corrected chi connectivity index (χ1v) is 17.1. The largest absolute Gasteiger partial charge is 0.228 e. The lowest BCUT2D eigenvalue weighted by Gasteiger charge is -2.15. The summed E-state index contributed by atoms with van der Waals surface area (Å²) in [5.41, 5.74) is 7.29. The number of aromatic nitrogens is 2. The van der Waals surface area contributed by atoms with Crippen LogP contribution in [0.25, 0.3) is 98.9 Å². The summed E-state index contributed by atoms with van der Waals surface area (Å²) >= 11 is 0. The van der Waals surface area contributed by atoms with Crippen molar-refractivity contribution in [2.24, 2.45) is 0 Å². The summed E-state index contributed by atoms with van der Waals surface area (Å²) in [4.78, 5) is 10.0. The molecule has 1 heterocycles. The molecule has 2 nitrogen and oxygen atoms in total. The standard InChI is InChI=1S/C48H30N2/c1-3-12-32(13-4-1)44-30-45(50-48(49-44)35-14-5-2-6-15-35)33-24-22-31(23-25-33)37-28-36-27-26-34-16-11-21-42-40-19-9-7-17-38(40)39-18-8-10-20-41(39)43(29-37)47(36)46(34)42/h1-30H. The molecule has 0 radical (unpaired) electrons. The molecule has 10 aromatic rings. The zero-order valence-electron chi connectivity index (χ0n) is 27.2. The van der Waals surface area contributed by atoms with Gasteiger partial charge in [-0.25, -0.2) is 9.97 Å². The van der Waals surface area contributed by atoms with Gasteiger partial charge in [0, 0.05) is 16.7 Å². The first kappa shape index (κ1) is 28.4. The highest BCUT2D eigenvalue weighted by molar-refractivity contribution is 6.33. The number of nitrogens with zero attached hydrogens (tertiary/aromatic N) is 2. The Kier molecular flexibility index (Phi) is 6.53. The second-order valence-electron chi connectivity index (χ2n) is 13.0. The summed E-state index contributed by atoms with van der Waals surface area (Å²) in [7, 11) is 0. The van der Waals surface area contributed by atoms with E-state index in [0.717, 1.165) is 33.9 Å². The minimum absolute atomic E-state index is 0.721. The van der Waals surface area contributed by atoms with E-state index in [9.17, 15) is 0 Å². The Morgan fingerprint density at radius 3 is 1.40 bits per heavy atom. The van der Waals surface area contributed by atoms with Crippen molar-refractivity contribution >= 4 is 53.9 Å². The SMILES string of the molecule is c1ccc(-c2cc(-c3ccc(-c4cc5ccc6cccc7c8ccccc8c8ccccc8c(c4)c5c67)cc3)nc(-c3ccccc3)n2)cc1. The molecular weight excluding hydrogens is 605 g/mol. The summed E-state index contributed by atoms with van der Waals surface area (Å²) in [6, 6.07) is 65.2. The Morgan fingerprint density at radius 2 is 0.740 bits per heavy atom. The fourth-order valence-corrected chi connectivity index (χ4v) is 7.65. The molecule has 0 bridgehead atoms. The molecule has 232 valence electrons. The minimum Gasteiger partial charge on any atom is -0.228 e. The first-order chi connectivity index (χ1) is 24.8. The van der Waals surface area contributed by atoms with Gasteiger partial charge in [0.1, 0.15) is 0 Å². The quantitative estimate of drug-likeness (QED) is 0.180. The molecular formula is C48H30N2. The van der Waals surface area contributed by atoms with E-state index in [-0.39, 0.29) is 0 Å². The van der Waals surface area contributed by atoms with Gasteiger partial charge in [-0.3, -0.25) is 0 Å². The number of benzene rings is 8. The van der Waals surface area contributed by atoms with E-state index in [4.69, 9.17) is 9.97 Å². The van der Waals surface area contributed by atoms with Gasteiger partial charge in [0.05, 0.1) is 11.4 Å². The second kappa shape index (κ2) is 11.5. The molecule has 0 fully saturated rings. The van der Waals surface area contributed by atoms with E-state index >= 15 is 0 Å². The molecule has 0 spiro atoms. The predicted molar refractivity (Wildman–Crippen MR) is 211 cm³/mol. The summed E-state index contributed by atoms with van der Waals surface area (Å²) in [5, 5.41) is 12.7. The van der Waals surface area contributed by atoms with Crippen LogP contribution in [0, 0.1) is 0 Å². The van der Waals surface area contributed by atoms with Gasteiger partial charge >= 0.3 is 0 Å². The molecule has 0 saturated heterocycles. The molecule has 0 unspecified atom stereocenters. The highest BCUT2D eigenvalue weighted by Crippen LogP contribution is 2.42. The van der Waals surface area contributed by atoms with Gasteiger partial charge < -0.3 is 0 Å². The van der Waals surface area contributed by atoms with Gasteiger partial charge in [-0.1, -0.05) is 164 Å². The molecule has 0 N–H and O–H groups in total. The third-order valence-corrected chi connectivity index (χ3v) is 10.0. The zero-order valence-corrected chi connectivity index (χ0v) is 27.2. The summed E-state index contributed by atoms with van der Waals surface area (Å²) < 4.78 is 0. The van der Waals surface area contributed by atoms with Crippen LogP contribution in [0.15, 0.2) is 182 Å². The lowest BCUT2D eigenvalue weighted by Crippen LogP contribution is -1.95. The van der Waals surface area contributed by atoms with Gasteiger partial charge in [0.2, 0.25) is 0 Å². The van der Waals surface area contributed by atoms with Crippen molar-refractivity contribution in [3.63, 3.8) is 0 Å². The van der Waals surface area contributed by atoms with Crippen molar-refractivity contribution in [2.45, 2.75) is 0 Å². The van der Waals surface area contributed by atoms with E-state index in [0.29, 0.717) is 0 Å². The molecule has 0 aliphatic carbocycles. The molecule has 9 aromatic carbocycles. The van der Waals surface area contributed by atoms with Crippen LogP contribution >= 0.6 is 0 Å². The lowest BCUT2D eigenvalue weighted by molar-refractivity contribution is 1.18. The van der Waals surface area contributed by atoms with Crippen molar-refractivity contribution in [1.82, 2.24) is 9.97 Å². The third-order valence-electron chi connectivity index (χ3n) is 10.0. The highest BCUT2D eigenvalue weighted by atomic mass is 14.9. The van der Waals surface area contributed by atoms with Crippen molar-refractivity contribution in [1.29, 1.82) is 0 Å². The van der Waals surface area contributed by atoms with Gasteiger partial charge in [-0.05, 0) is 83.2 Å². The minimum atomic E-state index is 0.721. The maximum Gasteiger partial charge on any atom is 0.160 e. The summed E-state index contributed by atoms with van der Waals surface area (Å²) in [6.45, 7) is 0. The first-order valence-electron chi connectivity index (χ1n) is 17.1. The molecule has 1 aromatic heterocycles. The van der Waals surface area contributed by atoms with E-state index in [2.05, 4.69) is 158 Å². The van der Waals surface area contributed by atoms with Crippen molar-refractivity contribution in [3.8, 4) is 45.0 Å². The smallest absolute Gasteiger partial charge is 0.160 e. The molecule has 2 heteroatoms. The van der Waals surface area contributed by atoms with Gasteiger partial charge in [-0.15, -0.1) is 0 Å². The number of fused-ring (bicyclic) bond motifs is 5. The monoisotopic (exact) mass is 634 g/mol. The Bertz CT molecular complexity index is 2840. The van der Waals surface area contributed by atoms with Crippen LogP contribution in [-0.4, -0.2) is 9.97 Å². The average molecular weight is 635 g/mol. The zero-order chi connectivity index (χ0) is 33.0. The third kappa shape index (κ3) is 4.65. The Balaban J connectivity index is 1.18. The second-order valence-corrected chi connectivity index (χ2v) is 13.0. The molecule has 0 aliphatic rings. The molecule has 0 saturated carbocycles. The topological polar surface area (TPSA) is 25.8 Å². The Morgan fingerprint density at radius 1 is 0.260 bits per heavy atom. The molecule has 0 aliphatic heterocycles. The molecule has 0 amide bonds. The van der Waals surface area contributed by atoms with Gasteiger partial charge in [0.25, 0.3) is 0 Å². The van der Waals surface area contributed by atoms with Crippen molar-refractivity contribution < 1.29 is 0 Å². The molecule has 0 atom stereocenters.